The Morgan fingerprint density at radius 1 is 1.07 bits per heavy atom. The number of benzene rings is 2. The average molecular weight is 360 g/mol. The van der Waals surface area contributed by atoms with Crippen molar-refractivity contribution in [2.45, 2.75) is 38.8 Å². The summed E-state index contributed by atoms with van der Waals surface area (Å²) < 4.78 is 1.80. The quantitative estimate of drug-likeness (QED) is 0.541. The Balaban J connectivity index is 1.38. The summed E-state index contributed by atoms with van der Waals surface area (Å²) >= 11 is 0. The van der Waals surface area contributed by atoms with Gasteiger partial charge in [0, 0.05) is 5.69 Å². The van der Waals surface area contributed by atoms with Gasteiger partial charge < -0.3 is 11.1 Å². The van der Waals surface area contributed by atoms with Gasteiger partial charge in [0.15, 0.2) is 5.96 Å². The molecule has 4 rings (SSSR count). The van der Waals surface area contributed by atoms with E-state index < -0.39 is 0 Å². The molecule has 1 aromatic heterocycles. The van der Waals surface area contributed by atoms with Gasteiger partial charge >= 0.3 is 0 Å². The van der Waals surface area contributed by atoms with E-state index in [2.05, 4.69) is 62.9 Å². The van der Waals surface area contributed by atoms with E-state index in [1.54, 1.807) is 17.3 Å². The van der Waals surface area contributed by atoms with Crippen LogP contribution in [0, 0.1) is 0 Å². The molecule has 1 heterocycles. The van der Waals surface area contributed by atoms with Crippen LogP contribution in [0.15, 0.2) is 60.1 Å². The van der Waals surface area contributed by atoms with E-state index >= 15 is 0 Å². The molecule has 1 aliphatic carbocycles. The molecule has 3 aromatic rings. The van der Waals surface area contributed by atoms with E-state index in [-0.39, 0.29) is 0 Å². The van der Waals surface area contributed by atoms with Gasteiger partial charge in [0.1, 0.15) is 12.7 Å². The summed E-state index contributed by atoms with van der Waals surface area (Å²) in [5.74, 6) is 0.459. The number of guanidine groups is 1. The molecule has 0 aliphatic heterocycles. The summed E-state index contributed by atoms with van der Waals surface area (Å²) in [6, 6.07) is 14.7. The third-order valence-electron chi connectivity index (χ3n) is 4.92. The van der Waals surface area contributed by atoms with Gasteiger partial charge in [-0.1, -0.05) is 36.4 Å². The van der Waals surface area contributed by atoms with Crippen LogP contribution in [0.4, 0.5) is 5.69 Å². The third kappa shape index (κ3) is 4.34. The van der Waals surface area contributed by atoms with E-state index in [0.29, 0.717) is 19.0 Å². The highest BCUT2D eigenvalue weighted by Gasteiger charge is 2.13. The highest BCUT2D eigenvalue weighted by atomic mass is 15.3. The van der Waals surface area contributed by atoms with Crippen molar-refractivity contribution in [3.05, 3.63) is 77.4 Å². The number of rotatable bonds is 5. The summed E-state index contributed by atoms with van der Waals surface area (Å²) in [4.78, 5) is 8.46. The first-order valence-electron chi connectivity index (χ1n) is 9.36. The molecule has 2 aromatic carbocycles. The van der Waals surface area contributed by atoms with Crippen molar-refractivity contribution in [2.75, 3.05) is 5.32 Å². The molecule has 0 atom stereocenters. The average Bonchev–Trinajstić information content (AvgIpc) is 3.21. The van der Waals surface area contributed by atoms with Gasteiger partial charge in [0.2, 0.25) is 0 Å². The fourth-order valence-corrected chi connectivity index (χ4v) is 3.50. The van der Waals surface area contributed by atoms with Gasteiger partial charge in [-0.15, -0.1) is 0 Å². The van der Waals surface area contributed by atoms with E-state index in [0.717, 1.165) is 24.1 Å². The van der Waals surface area contributed by atoms with Crippen LogP contribution < -0.4 is 11.1 Å². The first kappa shape index (κ1) is 17.3. The van der Waals surface area contributed by atoms with Gasteiger partial charge in [-0.2, -0.15) is 5.10 Å². The molecular weight excluding hydrogens is 336 g/mol. The number of nitrogens with one attached hydrogen (secondary N) is 1. The van der Waals surface area contributed by atoms with Crippen molar-refractivity contribution < 1.29 is 0 Å². The second-order valence-corrected chi connectivity index (χ2v) is 6.89. The van der Waals surface area contributed by atoms with Crippen LogP contribution in [0.2, 0.25) is 0 Å². The van der Waals surface area contributed by atoms with Crippen LogP contribution in [-0.4, -0.2) is 20.7 Å². The maximum atomic E-state index is 6.13. The molecule has 1 aliphatic rings. The topological polar surface area (TPSA) is 81.1 Å². The van der Waals surface area contributed by atoms with E-state index in [1.165, 1.54) is 29.5 Å². The van der Waals surface area contributed by atoms with Crippen LogP contribution >= 0.6 is 0 Å². The van der Waals surface area contributed by atoms with Crippen molar-refractivity contribution >= 4 is 11.6 Å². The summed E-state index contributed by atoms with van der Waals surface area (Å²) in [7, 11) is 0. The van der Waals surface area contributed by atoms with Crippen LogP contribution in [0.25, 0.3) is 0 Å². The fraction of sp³-hybridized carbons (Fsp3) is 0.286. The molecule has 0 saturated heterocycles. The number of nitrogens with zero attached hydrogens (tertiary/aromatic N) is 4. The first-order valence-corrected chi connectivity index (χ1v) is 9.36. The standard InChI is InChI=1S/C21H24N6/c22-21(26-20-7-3-5-18-4-1-2-6-19(18)20)24-12-16-8-10-17(11-9-16)13-27-15-23-14-25-27/h3,5,7-11,14-15H,1-2,4,6,12-13H2,(H3,22,24,26). The van der Waals surface area contributed by atoms with Gasteiger partial charge in [0.25, 0.3) is 0 Å². The summed E-state index contributed by atoms with van der Waals surface area (Å²) in [6.45, 7) is 1.27. The monoisotopic (exact) mass is 360 g/mol. The minimum Gasteiger partial charge on any atom is -0.370 e. The number of fused-ring (bicyclic) bond motifs is 1. The molecule has 0 amide bonds. The molecular formula is C21H24N6. The number of aromatic nitrogens is 3. The first-order chi connectivity index (χ1) is 13.3. The minimum absolute atomic E-state index is 0.459. The Bertz CT molecular complexity index is 912. The van der Waals surface area contributed by atoms with Crippen LogP contribution in [-0.2, 0) is 25.9 Å². The molecule has 0 radical (unpaired) electrons. The van der Waals surface area contributed by atoms with E-state index in [1.807, 2.05) is 0 Å². The fourth-order valence-electron chi connectivity index (χ4n) is 3.50. The lowest BCUT2D eigenvalue weighted by Crippen LogP contribution is -2.24. The maximum absolute atomic E-state index is 6.13. The lowest BCUT2D eigenvalue weighted by molar-refractivity contribution is 0.684. The second-order valence-electron chi connectivity index (χ2n) is 6.89. The number of aliphatic imine (C=N–C) groups is 1. The van der Waals surface area contributed by atoms with Gasteiger partial charge in [-0.25, -0.2) is 14.7 Å². The number of aryl methyl sites for hydroxylation is 1. The van der Waals surface area contributed by atoms with Crippen LogP contribution in [0.5, 0.6) is 0 Å². The zero-order chi connectivity index (χ0) is 18.5. The molecule has 138 valence electrons. The Labute approximate surface area is 159 Å². The van der Waals surface area contributed by atoms with Crippen molar-refractivity contribution in [3.63, 3.8) is 0 Å². The van der Waals surface area contributed by atoms with Crippen molar-refractivity contribution in [1.82, 2.24) is 14.8 Å². The largest absolute Gasteiger partial charge is 0.370 e. The molecule has 0 fully saturated rings. The summed E-state index contributed by atoms with van der Waals surface area (Å²) in [6.07, 6.45) is 8.04. The predicted molar refractivity (Wildman–Crippen MR) is 108 cm³/mol. The zero-order valence-corrected chi connectivity index (χ0v) is 15.3. The summed E-state index contributed by atoms with van der Waals surface area (Å²) in [5.41, 5.74) is 12.3. The maximum Gasteiger partial charge on any atom is 0.193 e. The number of hydrogen-bond acceptors (Lipinski definition) is 3. The SMILES string of the molecule is NC(=NCc1ccc(Cn2cncn2)cc1)Nc1cccc2c1CCCC2. The minimum atomic E-state index is 0.459. The normalized spacial score (nSPS) is 14.0. The Kier molecular flexibility index (Phi) is 5.14. The van der Waals surface area contributed by atoms with Gasteiger partial charge in [-0.3, -0.25) is 0 Å². The molecule has 3 N–H and O–H groups in total. The number of nitrogens with two attached hydrogens (primary N) is 1. The zero-order valence-electron chi connectivity index (χ0n) is 15.3. The van der Waals surface area contributed by atoms with E-state index in [4.69, 9.17) is 5.73 Å². The molecule has 0 bridgehead atoms. The number of hydrogen-bond donors (Lipinski definition) is 2. The lowest BCUT2D eigenvalue weighted by Gasteiger charge is -2.19. The molecule has 0 saturated carbocycles. The predicted octanol–water partition coefficient (Wildman–Crippen LogP) is 3.13. The van der Waals surface area contributed by atoms with Crippen molar-refractivity contribution in [2.24, 2.45) is 10.7 Å². The molecule has 27 heavy (non-hydrogen) atoms. The van der Waals surface area contributed by atoms with Gasteiger partial charge in [0.05, 0.1) is 13.1 Å². The van der Waals surface area contributed by atoms with E-state index in [9.17, 15) is 0 Å². The number of anilines is 1. The van der Waals surface area contributed by atoms with Crippen molar-refractivity contribution in [1.29, 1.82) is 0 Å². The van der Waals surface area contributed by atoms with Crippen molar-refractivity contribution in [3.8, 4) is 0 Å². The summed E-state index contributed by atoms with van der Waals surface area (Å²) in [5, 5.41) is 7.41. The molecule has 6 heteroatoms. The molecule has 6 nitrogen and oxygen atoms in total. The Hall–Kier alpha value is -3.15. The molecule has 0 unspecified atom stereocenters. The second kappa shape index (κ2) is 8.03. The Morgan fingerprint density at radius 2 is 1.89 bits per heavy atom. The van der Waals surface area contributed by atoms with Crippen LogP contribution in [0.3, 0.4) is 0 Å². The molecule has 0 spiro atoms. The smallest absolute Gasteiger partial charge is 0.193 e. The van der Waals surface area contributed by atoms with Crippen LogP contribution in [0.1, 0.15) is 35.1 Å². The third-order valence-corrected chi connectivity index (χ3v) is 4.92. The van der Waals surface area contributed by atoms with Gasteiger partial charge in [-0.05, 0) is 54.0 Å². The lowest BCUT2D eigenvalue weighted by atomic mass is 9.90. The highest BCUT2D eigenvalue weighted by molar-refractivity contribution is 5.93. The Morgan fingerprint density at radius 3 is 2.70 bits per heavy atom. The highest BCUT2D eigenvalue weighted by Crippen LogP contribution is 2.27.